The van der Waals surface area contributed by atoms with Gasteiger partial charge in [0.25, 0.3) is 0 Å². The van der Waals surface area contributed by atoms with Crippen molar-refractivity contribution in [2.45, 2.75) is 32.6 Å². The average molecular weight is 394 g/mol. The molecule has 0 bridgehead atoms. The molecule has 1 unspecified atom stereocenters. The van der Waals surface area contributed by atoms with Gasteiger partial charge in [-0.25, -0.2) is 0 Å². The molecule has 2 N–H and O–H groups in total. The van der Waals surface area contributed by atoms with Gasteiger partial charge in [-0.05, 0) is 56.7 Å². The molecule has 2 amide bonds. The van der Waals surface area contributed by atoms with Gasteiger partial charge in [0.1, 0.15) is 5.75 Å². The molecule has 1 aromatic carbocycles. The van der Waals surface area contributed by atoms with E-state index in [9.17, 15) is 9.59 Å². The van der Waals surface area contributed by atoms with Crippen molar-refractivity contribution in [3.8, 4) is 5.75 Å². The van der Waals surface area contributed by atoms with E-state index in [0.717, 1.165) is 31.5 Å². The number of piperidine rings is 1. The number of carbonyl (C=O) groups excluding carboxylic acids is 2. The Bertz CT molecular complexity index is 706. The van der Waals surface area contributed by atoms with Crippen molar-refractivity contribution in [3.63, 3.8) is 0 Å². The number of aryl methyl sites for hydroxylation is 1. The van der Waals surface area contributed by atoms with Crippen LogP contribution in [0.4, 0.5) is 5.69 Å². The Kier molecular flexibility index (Phi) is 6.60. The smallest absolute Gasteiger partial charge is 0.238 e. The summed E-state index contributed by atoms with van der Waals surface area (Å²) >= 11 is 6.11. The number of carbonyl (C=O) groups is 2. The summed E-state index contributed by atoms with van der Waals surface area (Å²) in [5.41, 5.74) is 1.48. The van der Waals surface area contributed by atoms with Crippen LogP contribution in [0.15, 0.2) is 12.1 Å². The summed E-state index contributed by atoms with van der Waals surface area (Å²) in [5.74, 6) is 1.20. The molecule has 3 rings (SSSR count). The standard InChI is InChI=1S/C20H28ClN3O3/c1-13-8-17(18(27-2)9-16(13)21)23-19(25)12-24-7-3-4-15(11-24)20(26)22-10-14-5-6-14/h8-9,14-15H,3-7,10-12H2,1-2H3,(H,22,26)(H,23,25). The molecule has 0 spiro atoms. The Labute approximate surface area is 165 Å². The maximum absolute atomic E-state index is 12.5. The lowest BCUT2D eigenvalue weighted by molar-refractivity contribution is -0.128. The Hall–Kier alpha value is -1.79. The second-order valence-electron chi connectivity index (χ2n) is 7.61. The lowest BCUT2D eigenvalue weighted by Gasteiger charge is -2.31. The maximum atomic E-state index is 12.5. The van der Waals surface area contributed by atoms with E-state index in [0.29, 0.717) is 28.9 Å². The molecule has 7 heteroatoms. The van der Waals surface area contributed by atoms with Crippen molar-refractivity contribution in [2.75, 3.05) is 38.6 Å². The molecule has 1 saturated carbocycles. The van der Waals surface area contributed by atoms with Gasteiger partial charge in [0.05, 0.1) is 25.3 Å². The van der Waals surface area contributed by atoms with E-state index in [1.54, 1.807) is 13.2 Å². The number of ether oxygens (including phenoxy) is 1. The summed E-state index contributed by atoms with van der Waals surface area (Å²) < 4.78 is 5.31. The molecule has 2 aliphatic rings. The second kappa shape index (κ2) is 8.93. The van der Waals surface area contributed by atoms with Crippen LogP contribution in [0.1, 0.15) is 31.2 Å². The fourth-order valence-corrected chi connectivity index (χ4v) is 3.60. The average Bonchev–Trinajstić information content (AvgIpc) is 3.47. The number of anilines is 1. The number of methoxy groups -OCH3 is 1. The fourth-order valence-electron chi connectivity index (χ4n) is 3.45. The number of benzene rings is 1. The number of halogens is 1. The van der Waals surface area contributed by atoms with E-state index in [4.69, 9.17) is 16.3 Å². The molecular formula is C20H28ClN3O3. The molecule has 0 aromatic heterocycles. The van der Waals surface area contributed by atoms with E-state index in [1.165, 1.54) is 12.8 Å². The van der Waals surface area contributed by atoms with Crippen molar-refractivity contribution in [2.24, 2.45) is 11.8 Å². The zero-order chi connectivity index (χ0) is 19.4. The molecular weight excluding hydrogens is 366 g/mol. The third-order valence-corrected chi connectivity index (χ3v) is 5.67. The van der Waals surface area contributed by atoms with Gasteiger partial charge in [-0.15, -0.1) is 0 Å². The highest BCUT2D eigenvalue weighted by molar-refractivity contribution is 6.31. The van der Waals surface area contributed by atoms with Crippen molar-refractivity contribution < 1.29 is 14.3 Å². The van der Waals surface area contributed by atoms with Crippen LogP contribution < -0.4 is 15.4 Å². The van der Waals surface area contributed by atoms with Gasteiger partial charge in [0.2, 0.25) is 11.8 Å². The van der Waals surface area contributed by atoms with E-state index in [1.807, 2.05) is 13.0 Å². The first-order valence-electron chi connectivity index (χ1n) is 9.60. The fraction of sp³-hybridized carbons (Fsp3) is 0.600. The lowest BCUT2D eigenvalue weighted by Crippen LogP contribution is -2.45. The number of rotatable bonds is 7. The van der Waals surface area contributed by atoms with Gasteiger partial charge >= 0.3 is 0 Å². The molecule has 1 aliphatic heterocycles. The number of nitrogens with one attached hydrogen (secondary N) is 2. The monoisotopic (exact) mass is 393 g/mol. The zero-order valence-electron chi connectivity index (χ0n) is 16.0. The highest BCUT2D eigenvalue weighted by Crippen LogP contribution is 2.31. The maximum Gasteiger partial charge on any atom is 0.238 e. The molecule has 1 atom stereocenters. The Morgan fingerprint density at radius 1 is 1.30 bits per heavy atom. The summed E-state index contributed by atoms with van der Waals surface area (Å²) in [7, 11) is 1.55. The topological polar surface area (TPSA) is 70.7 Å². The largest absolute Gasteiger partial charge is 0.495 e. The van der Waals surface area contributed by atoms with Crippen LogP contribution >= 0.6 is 11.6 Å². The molecule has 0 radical (unpaired) electrons. The summed E-state index contributed by atoms with van der Waals surface area (Å²) in [4.78, 5) is 26.9. The number of amides is 2. The zero-order valence-corrected chi connectivity index (χ0v) is 16.8. The summed E-state index contributed by atoms with van der Waals surface area (Å²) in [5, 5.41) is 6.56. The van der Waals surface area contributed by atoms with Crippen molar-refractivity contribution >= 4 is 29.1 Å². The molecule has 148 valence electrons. The first kappa shape index (κ1) is 20.0. The van der Waals surface area contributed by atoms with Gasteiger partial charge in [-0.3, -0.25) is 14.5 Å². The molecule has 2 fully saturated rings. The molecule has 1 heterocycles. The number of likely N-dealkylation sites (tertiary alicyclic amines) is 1. The minimum atomic E-state index is -0.117. The molecule has 27 heavy (non-hydrogen) atoms. The lowest BCUT2D eigenvalue weighted by atomic mass is 9.97. The minimum absolute atomic E-state index is 0.0300. The quantitative estimate of drug-likeness (QED) is 0.747. The van der Waals surface area contributed by atoms with Crippen LogP contribution in [0.3, 0.4) is 0 Å². The Morgan fingerprint density at radius 3 is 2.78 bits per heavy atom. The van der Waals surface area contributed by atoms with Crippen molar-refractivity contribution in [3.05, 3.63) is 22.7 Å². The Balaban J connectivity index is 1.52. The number of hydrogen-bond donors (Lipinski definition) is 2. The van der Waals surface area contributed by atoms with Crippen LogP contribution in [0.2, 0.25) is 5.02 Å². The molecule has 1 aliphatic carbocycles. The SMILES string of the molecule is COc1cc(Cl)c(C)cc1NC(=O)CN1CCCC(C(=O)NCC2CC2)C1. The van der Waals surface area contributed by atoms with Crippen LogP contribution in [-0.4, -0.2) is 50.0 Å². The first-order chi connectivity index (χ1) is 13.0. The van der Waals surface area contributed by atoms with Crippen molar-refractivity contribution in [1.29, 1.82) is 0 Å². The second-order valence-corrected chi connectivity index (χ2v) is 8.02. The first-order valence-corrected chi connectivity index (χ1v) is 9.98. The third kappa shape index (κ3) is 5.59. The van der Waals surface area contributed by atoms with Crippen molar-refractivity contribution in [1.82, 2.24) is 10.2 Å². The summed E-state index contributed by atoms with van der Waals surface area (Å²) in [6.07, 6.45) is 4.27. The van der Waals surface area contributed by atoms with E-state index in [2.05, 4.69) is 15.5 Å². The van der Waals surface area contributed by atoms with Crippen LogP contribution in [0.5, 0.6) is 5.75 Å². The summed E-state index contributed by atoms with van der Waals surface area (Å²) in [6.45, 7) is 4.40. The minimum Gasteiger partial charge on any atom is -0.495 e. The van der Waals surface area contributed by atoms with Gasteiger partial charge in [-0.1, -0.05) is 11.6 Å². The van der Waals surface area contributed by atoms with Crippen LogP contribution in [0, 0.1) is 18.8 Å². The highest BCUT2D eigenvalue weighted by atomic mass is 35.5. The summed E-state index contributed by atoms with van der Waals surface area (Å²) in [6, 6.07) is 3.51. The predicted octanol–water partition coefficient (Wildman–Crippen LogP) is 2.83. The molecule has 1 aromatic rings. The molecule has 6 nitrogen and oxygen atoms in total. The third-order valence-electron chi connectivity index (χ3n) is 5.26. The Morgan fingerprint density at radius 2 is 2.07 bits per heavy atom. The van der Waals surface area contributed by atoms with Gasteiger partial charge in [0, 0.05) is 24.2 Å². The van der Waals surface area contributed by atoms with Crippen LogP contribution in [0.25, 0.3) is 0 Å². The van der Waals surface area contributed by atoms with E-state index < -0.39 is 0 Å². The molecule has 1 saturated heterocycles. The van der Waals surface area contributed by atoms with Gasteiger partial charge in [0.15, 0.2) is 0 Å². The van der Waals surface area contributed by atoms with Gasteiger partial charge in [-0.2, -0.15) is 0 Å². The normalized spacial score (nSPS) is 20.2. The highest BCUT2D eigenvalue weighted by Gasteiger charge is 2.28. The predicted molar refractivity (Wildman–Crippen MR) is 106 cm³/mol. The van der Waals surface area contributed by atoms with E-state index >= 15 is 0 Å². The van der Waals surface area contributed by atoms with Crippen LogP contribution in [-0.2, 0) is 9.59 Å². The van der Waals surface area contributed by atoms with E-state index in [-0.39, 0.29) is 24.3 Å². The number of hydrogen-bond acceptors (Lipinski definition) is 4. The number of nitrogens with zero attached hydrogens (tertiary/aromatic N) is 1. The van der Waals surface area contributed by atoms with Gasteiger partial charge < -0.3 is 15.4 Å².